The number of hydrogen-bond acceptors (Lipinski definition) is 4. The van der Waals surface area contributed by atoms with Gasteiger partial charge in [-0.15, -0.1) is 11.8 Å². The lowest BCUT2D eigenvalue weighted by Crippen LogP contribution is -2.49. The molecule has 0 N–H and O–H groups in total. The van der Waals surface area contributed by atoms with E-state index < -0.39 is 10.0 Å². The second-order valence-electron chi connectivity index (χ2n) is 6.28. The van der Waals surface area contributed by atoms with Crippen molar-refractivity contribution < 1.29 is 12.8 Å². The molecule has 26 heavy (non-hydrogen) atoms. The van der Waals surface area contributed by atoms with Crippen LogP contribution in [0.3, 0.4) is 0 Å². The molecule has 1 saturated heterocycles. The second kappa shape index (κ2) is 8.99. The maximum absolute atomic E-state index is 12.9. The van der Waals surface area contributed by atoms with E-state index in [1.807, 2.05) is 30.3 Å². The number of thioether (sulfide) groups is 1. The lowest BCUT2D eigenvalue weighted by Gasteiger charge is -2.33. The Hall–Kier alpha value is -1.41. The van der Waals surface area contributed by atoms with Crippen LogP contribution in [0.1, 0.15) is 5.56 Å². The fourth-order valence-electron chi connectivity index (χ4n) is 2.93. The van der Waals surface area contributed by atoms with E-state index in [2.05, 4.69) is 4.90 Å². The third-order valence-electron chi connectivity index (χ3n) is 4.41. The van der Waals surface area contributed by atoms with Gasteiger partial charge in [0.05, 0.1) is 5.75 Å². The summed E-state index contributed by atoms with van der Waals surface area (Å²) >= 11 is 1.69. The molecule has 0 atom stereocenters. The summed E-state index contributed by atoms with van der Waals surface area (Å²) in [5, 5.41) is 0. The lowest BCUT2D eigenvalue weighted by atomic mass is 10.2. The minimum Gasteiger partial charge on any atom is -0.300 e. The van der Waals surface area contributed by atoms with Crippen LogP contribution in [-0.2, 0) is 15.8 Å². The van der Waals surface area contributed by atoms with Gasteiger partial charge in [0.15, 0.2) is 0 Å². The molecule has 0 unspecified atom stereocenters. The Bertz CT molecular complexity index is 790. The van der Waals surface area contributed by atoms with Crippen molar-refractivity contribution in [2.75, 3.05) is 38.5 Å². The predicted molar refractivity (Wildman–Crippen MR) is 104 cm³/mol. The molecule has 7 heteroatoms. The number of halogens is 1. The molecule has 2 aromatic carbocycles. The molecule has 0 bridgehead atoms. The first-order valence-electron chi connectivity index (χ1n) is 8.65. The van der Waals surface area contributed by atoms with Gasteiger partial charge in [0.1, 0.15) is 5.82 Å². The molecule has 140 valence electrons. The Morgan fingerprint density at radius 3 is 2.23 bits per heavy atom. The van der Waals surface area contributed by atoms with Gasteiger partial charge < -0.3 is 0 Å². The number of nitrogens with zero attached hydrogens (tertiary/aromatic N) is 2. The average Bonchev–Trinajstić information content (AvgIpc) is 2.64. The van der Waals surface area contributed by atoms with Crippen LogP contribution in [0.25, 0.3) is 0 Å². The van der Waals surface area contributed by atoms with Crippen molar-refractivity contribution in [2.24, 2.45) is 0 Å². The summed E-state index contributed by atoms with van der Waals surface area (Å²) in [6, 6.07) is 15.8. The van der Waals surface area contributed by atoms with E-state index >= 15 is 0 Å². The molecule has 0 radical (unpaired) electrons. The van der Waals surface area contributed by atoms with Crippen LogP contribution in [0.2, 0.25) is 0 Å². The van der Waals surface area contributed by atoms with E-state index in [1.54, 1.807) is 28.2 Å². The van der Waals surface area contributed by atoms with Crippen molar-refractivity contribution in [1.29, 1.82) is 0 Å². The van der Waals surface area contributed by atoms with Crippen LogP contribution >= 0.6 is 11.8 Å². The summed E-state index contributed by atoms with van der Waals surface area (Å²) < 4.78 is 39.6. The zero-order valence-corrected chi connectivity index (χ0v) is 16.2. The number of rotatable bonds is 7. The highest BCUT2D eigenvalue weighted by Crippen LogP contribution is 2.19. The zero-order chi connectivity index (χ0) is 18.4. The summed E-state index contributed by atoms with van der Waals surface area (Å²) in [4.78, 5) is 3.33. The Morgan fingerprint density at radius 2 is 1.58 bits per heavy atom. The first-order chi connectivity index (χ1) is 12.5. The van der Waals surface area contributed by atoms with Gasteiger partial charge in [-0.2, -0.15) is 4.31 Å². The van der Waals surface area contributed by atoms with Gasteiger partial charge in [0.2, 0.25) is 10.0 Å². The third-order valence-corrected chi connectivity index (χ3v) is 7.25. The first kappa shape index (κ1) is 19.4. The number of benzene rings is 2. The lowest BCUT2D eigenvalue weighted by molar-refractivity contribution is 0.197. The van der Waals surface area contributed by atoms with Gasteiger partial charge in [-0.3, -0.25) is 4.90 Å². The van der Waals surface area contributed by atoms with Crippen LogP contribution in [-0.4, -0.2) is 56.1 Å². The molecule has 3 rings (SSSR count). The molecule has 2 aromatic rings. The molecule has 0 saturated carbocycles. The maximum atomic E-state index is 12.9. The van der Waals surface area contributed by atoms with Crippen LogP contribution in [0, 0.1) is 5.82 Å². The number of piperazine rings is 1. The van der Waals surface area contributed by atoms with Crippen molar-refractivity contribution in [1.82, 2.24) is 9.21 Å². The van der Waals surface area contributed by atoms with E-state index in [0.717, 1.165) is 35.8 Å². The van der Waals surface area contributed by atoms with Gasteiger partial charge in [-0.05, 0) is 29.8 Å². The molecule has 1 aliphatic heterocycles. The summed E-state index contributed by atoms with van der Waals surface area (Å²) in [6.45, 7) is 3.47. The summed E-state index contributed by atoms with van der Waals surface area (Å²) in [5.74, 6) is 0.749. The van der Waals surface area contributed by atoms with Crippen LogP contribution in [0.4, 0.5) is 4.39 Å². The van der Waals surface area contributed by atoms with Crippen molar-refractivity contribution in [3.63, 3.8) is 0 Å². The highest BCUT2D eigenvalue weighted by atomic mass is 32.2. The van der Waals surface area contributed by atoms with Crippen LogP contribution in [0.5, 0.6) is 0 Å². The molecule has 1 fully saturated rings. The highest BCUT2D eigenvalue weighted by molar-refractivity contribution is 7.99. The Morgan fingerprint density at radius 1 is 0.923 bits per heavy atom. The largest absolute Gasteiger partial charge is 0.300 e. The highest BCUT2D eigenvalue weighted by Gasteiger charge is 2.26. The normalized spacial score (nSPS) is 16.7. The second-order valence-corrected chi connectivity index (χ2v) is 9.42. The Labute approximate surface area is 159 Å². The van der Waals surface area contributed by atoms with E-state index in [0.29, 0.717) is 13.1 Å². The van der Waals surface area contributed by atoms with E-state index in [1.165, 1.54) is 12.1 Å². The minimum absolute atomic E-state index is 0.0637. The maximum Gasteiger partial charge on any atom is 0.218 e. The van der Waals surface area contributed by atoms with E-state index in [9.17, 15) is 12.8 Å². The number of sulfonamides is 1. The fourth-order valence-corrected chi connectivity index (χ4v) is 5.36. The zero-order valence-electron chi connectivity index (χ0n) is 14.6. The van der Waals surface area contributed by atoms with Gasteiger partial charge >= 0.3 is 0 Å². The summed E-state index contributed by atoms with van der Waals surface area (Å²) in [7, 11) is -3.26. The molecule has 0 spiro atoms. The molecular formula is C19H23FN2O2S2. The monoisotopic (exact) mass is 394 g/mol. The van der Waals surface area contributed by atoms with Crippen molar-refractivity contribution in [2.45, 2.75) is 10.6 Å². The smallest absolute Gasteiger partial charge is 0.218 e. The quantitative estimate of drug-likeness (QED) is 0.677. The average molecular weight is 395 g/mol. The summed E-state index contributed by atoms with van der Waals surface area (Å²) in [6.07, 6.45) is 0. The molecule has 4 nitrogen and oxygen atoms in total. The van der Waals surface area contributed by atoms with Gasteiger partial charge in [-0.1, -0.05) is 30.3 Å². The molecule has 0 aliphatic carbocycles. The van der Waals surface area contributed by atoms with Gasteiger partial charge in [0, 0.05) is 43.4 Å². The summed E-state index contributed by atoms with van der Waals surface area (Å²) in [5.41, 5.74) is 0.825. The SMILES string of the molecule is O=S(=O)(Cc1ccccc1)N1CCN(CCSc2ccc(F)cc2)CC1. The third kappa shape index (κ3) is 5.54. The van der Waals surface area contributed by atoms with Gasteiger partial charge in [-0.25, -0.2) is 12.8 Å². The minimum atomic E-state index is -3.26. The standard InChI is InChI=1S/C19H23FN2O2S2/c20-18-6-8-19(9-7-18)25-15-14-21-10-12-22(13-11-21)26(23,24)16-17-4-2-1-3-5-17/h1-9H,10-16H2. The topological polar surface area (TPSA) is 40.6 Å². The molecule has 1 heterocycles. The molecule has 1 aliphatic rings. The predicted octanol–water partition coefficient (Wildman–Crippen LogP) is 3.07. The van der Waals surface area contributed by atoms with Crippen molar-refractivity contribution in [3.8, 4) is 0 Å². The molecule has 0 aromatic heterocycles. The van der Waals surface area contributed by atoms with Gasteiger partial charge in [0.25, 0.3) is 0 Å². The van der Waals surface area contributed by atoms with E-state index in [4.69, 9.17) is 0 Å². The Balaban J connectivity index is 1.43. The Kier molecular flexibility index (Phi) is 6.69. The number of hydrogen-bond donors (Lipinski definition) is 0. The van der Waals surface area contributed by atoms with Crippen molar-refractivity contribution in [3.05, 3.63) is 66.0 Å². The molecular weight excluding hydrogens is 371 g/mol. The molecule has 0 amide bonds. The first-order valence-corrected chi connectivity index (χ1v) is 11.2. The van der Waals surface area contributed by atoms with E-state index in [-0.39, 0.29) is 11.6 Å². The van der Waals surface area contributed by atoms with Crippen LogP contribution < -0.4 is 0 Å². The van der Waals surface area contributed by atoms with Crippen molar-refractivity contribution >= 4 is 21.8 Å². The fraction of sp³-hybridized carbons (Fsp3) is 0.368. The van der Waals surface area contributed by atoms with Crippen LogP contribution in [0.15, 0.2) is 59.5 Å².